The topological polar surface area (TPSA) is 71.2 Å². The van der Waals surface area contributed by atoms with Crippen LogP contribution in [0.4, 0.5) is 5.69 Å². The van der Waals surface area contributed by atoms with E-state index >= 15 is 0 Å². The van der Waals surface area contributed by atoms with Crippen LogP contribution in [0.25, 0.3) is 0 Å². The van der Waals surface area contributed by atoms with Crippen molar-refractivity contribution in [3.05, 3.63) is 36.0 Å². The van der Waals surface area contributed by atoms with Gasteiger partial charge >= 0.3 is 0 Å². The summed E-state index contributed by atoms with van der Waals surface area (Å²) in [6.45, 7) is 4.71. The third kappa shape index (κ3) is 3.48. The molecule has 0 fully saturated rings. The third-order valence-corrected chi connectivity index (χ3v) is 2.41. The van der Waals surface area contributed by atoms with Gasteiger partial charge < -0.3 is 14.9 Å². The van der Waals surface area contributed by atoms with Crippen molar-refractivity contribution in [1.29, 1.82) is 0 Å². The molecular formula is C13H17N3O2. The van der Waals surface area contributed by atoms with Crippen molar-refractivity contribution in [2.45, 2.75) is 26.8 Å². The number of phenolic OH excluding ortho intramolecular Hbond substituents is 1. The molecule has 96 valence electrons. The summed E-state index contributed by atoms with van der Waals surface area (Å²) in [6, 6.07) is 6.84. The predicted octanol–water partition coefficient (Wildman–Crippen LogP) is 2.59. The molecule has 0 saturated heterocycles. The quantitative estimate of drug-likeness (QED) is 0.794. The summed E-state index contributed by atoms with van der Waals surface area (Å²) in [6.07, 6.45) is 0.822. The molecule has 2 rings (SSSR count). The minimum Gasteiger partial charge on any atom is -0.508 e. The first kappa shape index (κ1) is 12.4. The molecule has 5 nitrogen and oxygen atoms in total. The van der Waals surface area contributed by atoms with E-state index in [1.165, 1.54) is 0 Å². The van der Waals surface area contributed by atoms with Crippen molar-refractivity contribution >= 4 is 5.69 Å². The zero-order chi connectivity index (χ0) is 13.0. The van der Waals surface area contributed by atoms with E-state index in [4.69, 9.17) is 9.63 Å². The SMILES string of the molecule is CC(C)Cc1noc(CNc2ccc(O)cc2)n1. The first-order valence-electron chi connectivity index (χ1n) is 5.98. The molecule has 0 unspecified atom stereocenters. The van der Waals surface area contributed by atoms with Crippen molar-refractivity contribution in [2.24, 2.45) is 5.92 Å². The van der Waals surface area contributed by atoms with E-state index in [0.29, 0.717) is 18.4 Å². The molecule has 0 aliphatic carbocycles. The number of nitrogens with zero attached hydrogens (tertiary/aromatic N) is 2. The van der Waals surface area contributed by atoms with E-state index in [1.807, 2.05) is 0 Å². The van der Waals surface area contributed by atoms with Crippen molar-refractivity contribution in [3.63, 3.8) is 0 Å². The van der Waals surface area contributed by atoms with Gasteiger partial charge in [0.15, 0.2) is 5.82 Å². The predicted molar refractivity (Wildman–Crippen MR) is 68.3 cm³/mol. The van der Waals surface area contributed by atoms with Crippen LogP contribution in [0.5, 0.6) is 5.75 Å². The highest BCUT2D eigenvalue weighted by molar-refractivity contribution is 5.45. The first-order valence-corrected chi connectivity index (χ1v) is 5.98. The number of nitrogens with one attached hydrogen (secondary N) is 1. The number of hydrogen-bond donors (Lipinski definition) is 2. The molecule has 1 aromatic carbocycles. The lowest BCUT2D eigenvalue weighted by Gasteiger charge is -2.02. The Balaban J connectivity index is 1.90. The molecule has 0 bridgehead atoms. The Morgan fingerprint density at radius 1 is 1.28 bits per heavy atom. The molecular weight excluding hydrogens is 230 g/mol. The van der Waals surface area contributed by atoms with Gasteiger partial charge in [-0.25, -0.2) is 0 Å². The smallest absolute Gasteiger partial charge is 0.245 e. The number of aromatic nitrogens is 2. The summed E-state index contributed by atoms with van der Waals surface area (Å²) in [5, 5.41) is 16.2. The zero-order valence-electron chi connectivity index (χ0n) is 10.6. The summed E-state index contributed by atoms with van der Waals surface area (Å²) >= 11 is 0. The number of benzene rings is 1. The maximum Gasteiger partial charge on any atom is 0.245 e. The van der Waals surface area contributed by atoms with Gasteiger partial charge in [-0.2, -0.15) is 4.98 Å². The van der Waals surface area contributed by atoms with Crippen LogP contribution in [0.1, 0.15) is 25.6 Å². The molecule has 18 heavy (non-hydrogen) atoms. The van der Waals surface area contributed by atoms with Crippen molar-refractivity contribution in [2.75, 3.05) is 5.32 Å². The Morgan fingerprint density at radius 2 is 2.00 bits per heavy atom. The van der Waals surface area contributed by atoms with E-state index in [-0.39, 0.29) is 5.75 Å². The second kappa shape index (κ2) is 5.53. The monoisotopic (exact) mass is 247 g/mol. The van der Waals surface area contributed by atoms with Crippen LogP contribution in [0, 0.1) is 5.92 Å². The first-order chi connectivity index (χ1) is 8.63. The molecule has 0 spiro atoms. The maximum absolute atomic E-state index is 9.16. The van der Waals surface area contributed by atoms with Crippen molar-refractivity contribution < 1.29 is 9.63 Å². The van der Waals surface area contributed by atoms with Gasteiger partial charge in [0.25, 0.3) is 0 Å². The van der Waals surface area contributed by atoms with E-state index in [0.717, 1.165) is 17.9 Å². The molecule has 5 heteroatoms. The van der Waals surface area contributed by atoms with Gasteiger partial charge in [-0.1, -0.05) is 19.0 Å². The van der Waals surface area contributed by atoms with E-state index in [2.05, 4.69) is 29.3 Å². The van der Waals surface area contributed by atoms with Gasteiger partial charge in [0.2, 0.25) is 5.89 Å². The fourth-order valence-electron chi connectivity index (χ4n) is 1.57. The molecule has 1 heterocycles. The second-order valence-electron chi connectivity index (χ2n) is 4.60. The molecule has 0 amide bonds. The molecule has 1 aromatic heterocycles. The van der Waals surface area contributed by atoms with Crippen LogP contribution in [-0.4, -0.2) is 15.2 Å². The molecule has 0 aliphatic heterocycles. The maximum atomic E-state index is 9.16. The standard InChI is InChI=1S/C13H17N3O2/c1-9(2)7-12-15-13(18-16-12)8-14-10-3-5-11(17)6-4-10/h3-6,9,14,17H,7-8H2,1-2H3. The van der Waals surface area contributed by atoms with Gasteiger partial charge in [-0.15, -0.1) is 0 Å². The lowest BCUT2D eigenvalue weighted by Crippen LogP contribution is -2.00. The Kier molecular flexibility index (Phi) is 3.82. The number of phenols is 1. The number of aromatic hydroxyl groups is 1. The number of hydrogen-bond acceptors (Lipinski definition) is 5. The lowest BCUT2D eigenvalue weighted by molar-refractivity contribution is 0.375. The number of anilines is 1. The Morgan fingerprint density at radius 3 is 2.67 bits per heavy atom. The van der Waals surface area contributed by atoms with Gasteiger partial charge in [0, 0.05) is 12.1 Å². The summed E-state index contributed by atoms with van der Waals surface area (Å²) in [5.41, 5.74) is 0.899. The Bertz CT molecular complexity index is 491. The van der Waals surface area contributed by atoms with Crippen LogP contribution < -0.4 is 5.32 Å². The van der Waals surface area contributed by atoms with E-state index in [9.17, 15) is 0 Å². The minimum atomic E-state index is 0.248. The minimum absolute atomic E-state index is 0.248. The van der Waals surface area contributed by atoms with Crippen LogP contribution in [0.2, 0.25) is 0 Å². The Hall–Kier alpha value is -2.04. The van der Waals surface area contributed by atoms with Gasteiger partial charge in [-0.3, -0.25) is 0 Å². The summed E-state index contributed by atoms with van der Waals surface area (Å²) < 4.78 is 5.14. The molecule has 0 radical (unpaired) electrons. The van der Waals surface area contributed by atoms with Crippen LogP contribution in [-0.2, 0) is 13.0 Å². The summed E-state index contributed by atoms with van der Waals surface area (Å²) in [7, 11) is 0. The largest absolute Gasteiger partial charge is 0.508 e. The average Bonchev–Trinajstić information content (AvgIpc) is 2.75. The third-order valence-electron chi connectivity index (χ3n) is 2.41. The molecule has 2 aromatic rings. The van der Waals surface area contributed by atoms with E-state index < -0.39 is 0 Å². The molecule has 0 atom stereocenters. The Labute approximate surface area is 106 Å². The summed E-state index contributed by atoms with van der Waals surface area (Å²) in [4.78, 5) is 4.29. The molecule has 0 aliphatic rings. The van der Waals surface area contributed by atoms with Gasteiger partial charge in [0.05, 0.1) is 6.54 Å². The fraction of sp³-hybridized carbons (Fsp3) is 0.385. The fourth-order valence-corrected chi connectivity index (χ4v) is 1.57. The average molecular weight is 247 g/mol. The molecule has 2 N–H and O–H groups in total. The highest BCUT2D eigenvalue weighted by Gasteiger charge is 2.07. The van der Waals surface area contributed by atoms with Crippen molar-refractivity contribution in [1.82, 2.24) is 10.1 Å². The van der Waals surface area contributed by atoms with Crippen molar-refractivity contribution in [3.8, 4) is 5.75 Å². The van der Waals surface area contributed by atoms with Crippen LogP contribution in [0.3, 0.4) is 0 Å². The molecule has 0 saturated carbocycles. The normalized spacial score (nSPS) is 10.8. The highest BCUT2D eigenvalue weighted by Crippen LogP contribution is 2.14. The summed E-state index contributed by atoms with van der Waals surface area (Å²) in [5.74, 6) is 2.07. The van der Waals surface area contributed by atoms with Crippen LogP contribution in [0.15, 0.2) is 28.8 Å². The zero-order valence-corrected chi connectivity index (χ0v) is 10.6. The van der Waals surface area contributed by atoms with E-state index in [1.54, 1.807) is 24.3 Å². The van der Waals surface area contributed by atoms with Crippen LogP contribution >= 0.6 is 0 Å². The van der Waals surface area contributed by atoms with Gasteiger partial charge in [0.1, 0.15) is 5.75 Å². The lowest BCUT2D eigenvalue weighted by atomic mass is 10.1. The van der Waals surface area contributed by atoms with Gasteiger partial charge in [-0.05, 0) is 30.2 Å². The number of rotatable bonds is 5. The highest BCUT2D eigenvalue weighted by atomic mass is 16.5. The second-order valence-corrected chi connectivity index (χ2v) is 4.60.